The maximum Gasteiger partial charge on any atom is 0.195 e. The van der Waals surface area contributed by atoms with Gasteiger partial charge in [-0.3, -0.25) is 4.79 Å². The van der Waals surface area contributed by atoms with Crippen LogP contribution >= 0.6 is 0 Å². The van der Waals surface area contributed by atoms with Crippen LogP contribution in [0.4, 0.5) is 0 Å². The Morgan fingerprint density at radius 3 is 2.65 bits per heavy atom. The zero-order valence-electron chi connectivity index (χ0n) is 13.5. The van der Waals surface area contributed by atoms with E-state index < -0.39 is 5.54 Å². The zero-order chi connectivity index (χ0) is 15.9. The van der Waals surface area contributed by atoms with Gasteiger partial charge in [0.1, 0.15) is 5.54 Å². The Morgan fingerprint density at radius 1 is 1.09 bits per heavy atom. The molecule has 3 aliphatic rings. The molecular formula is C21H21NO. The Kier molecular flexibility index (Phi) is 3.33. The molecule has 1 aromatic carbocycles. The molecule has 0 fully saturated rings. The van der Waals surface area contributed by atoms with Gasteiger partial charge in [0, 0.05) is 6.20 Å². The summed E-state index contributed by atoms with van der Waals surface area (Å²) in [5, 5.41) is 0. The SMILES string of the molecule is CC12C=CC=CN1C(C1=CCCCC1)=C(c1ccccc1)C2=O. The number of rotatable bonds is 2. The number of carbonyl (C=O) groups is 1. The summed E-state index contributed by atoms with van der Waals surface area (Å²) in [5.74, 6) is 0.200. The van der Waals surface area contributed by atoms with Crippen LogP contribution in [-0.4, -0.2) is 16.2 Å². The smallest absolute Gasteiger partial charge is 0.195 e. The van der Waals surface area contributed by atoms with Gasteiger partial charge in [-0.2, -0.15) is 0 Å². The van der Waals surface area contributed by atoms with E-state index in [4.69, 9.17) is 0 Å². The van der Waals surface area contributed by atoms with E-state index in [1.165, 1.54) is 18.4 Å². The molecule has 2 heterocycles. The number of Topliss-reactive ketones (excluding diaryl/α,β-unsaturated/α-hetero) is 1. The zero-order valence-corrected chi connectivity index (χ0v) is 13.5. The lowest BCUT2D eigenvalue weighted by atomic mass is 9.89. The third-order valence-corrected chi connectivity index (χ3v) is 5.09. The molecule has 1 unspecified atom stereocenters. The molecule has 0 saturated carbocycles. The van der Waals surface area contributed by atoms with Crippen molar-refractivity contribution in [3.8, 4) is 0 Å². The highest BCUT2D eigenvalue weighted by Gasteiger charge is 2.48. The van der Waals surface area contributed by atoms with Crippen LogP contribution in [0.2, 0.25) is 0 Å². The summed E-state index contributed by atoms with van der Waals surface area (Å²) >= 11 is 0. The van der Waals surface area contributed by atoms with Gasteiger partial charge in [0.2, 0.25) is 0 Å². The Morgan fingerprint density at radius 2 is 1.91 bits per heavy atom. The van der Waals surface area contributed by atoms with Gasteiger partial charge in [-0.05, 0) is 49.8 Å². The quantitative estimate of drug-likeness (QED) is 0.794. The molecule has 2 aliphatic heterocycles. The number of fused-ring (bicyclic) bond motifs is 1. The second kappa shape index (κ2) is 5.38. The van der Waals surface area contributed by atoms with Crippen molar-refractivity contribution < 1.29 is 4.79 Å². The van der Waals surface area contributed by atoms with Crippen LogP contribution in [0.1, 0.15) is 38.2 Å². The average molecular weight is 303 g/mol. The normalized spacial score (nSPS) is 26.6. The molecule has 0 amide bonds. The molecule has 0 spiro atoms. The van der Waals surface area contributed by atoms with Crippen LogP contribution in [0.5, 0.6) is 0 Å². The molecule has 2 nitrogen and oxygen atoms in total. The maximum absolute atomic E-state index is 13.3. The Hall–Kier alpha value is -2.35. The van der Waals surface area contributed by atoms with Crippen molar-refractivity contribution in [2.24, 2.45) is 0 Å². The van der Waals surface area contributed by atoms with Gasteiger partial charge in [0.15, 0.2) is 5.78 Å². The van der Waals surface area contributed by atoms with E-state index in [2.05, 4.69) is 17.2 Å². The fourth-order valence-corrected chi connectivity index (χ4v) is 3.83. The summed E-state index contributed by atoms with van der Waals surface area (Å²) in [6.45, 7) is 2.02. The number of allylic oxidation sites excluding steroid dienone is 4. The van der Waals surface area contributed by atoms with Gasteiger partial charge >= 0.3 is 0 Å². The number of nitrogens with zero attached hydrogens (tertiary/aromatic N) is 1. The first-order valence-corrected chi connectivity index (χ1v) is 8.41. The van der Waals surface area contributed by atoms with E-state index >= 15 is 0 Å². The van der Waals surface area contributed by atoms with Crippen molar-refractivity contribution in [2.75, 3.05) is 0 Å². The van der Waals surface area contributed by atoms with Gasteiger partial charge < -0.3 is 4.90 Å². The summed E-state index contributed by atoms with van der Waals surface area (Å²) in [6, 6.07) is 10.1. The molecule has 1 aromatic rings. The van der Waals surface area contributed by atoms with Gasteiger partial charge in [-0.15, -0.1) is 0 Å². The van der Waals surface area contributed by atoms with Gasteiger partial charge in [-0.1, -0.05) is 48.6 Å². The monoisotopic (exact) mass is 303 g/mol. The summed E-state index contributed by atoms with van der Waals surface area (Å²) in [4.78, 5) is 15.5. The third-order valence-electron chi connectivity index (χ3n) is 5.09. The molecule has 1 aliphatic carbocycles. The minimum atomic E-state index is -0.590. The molecule has 0 N–H and O–H groups in total. The van der Waals surface area contributed by atoms with Crippen LogP contribution in [0.15, 0.2) is 72.1 Å². The molecule has 4 rings (SSSR count). The predicted octanol–water partition coefficient (Wildman–Crippen LogP) is 4.63. The molecule has 23 heavy (non-hydrogen) atoms. The highest BCUT2D eigenvalue weighted by Crippen LogP contribution is 2.46. The second-order valence-electron chi connectivity index (χ2n) is 6.61. The molecule has 2 heteroatoms. The van der Waals surface area contributed by atoms with Crippen LogP contribution in [-0.2, 0) is 4.79 Å². The number of ketones is 1. The minimum absolute atomic E-state index is 0.200. The van der Waals surface area contributed by atoms with Crippen molar-refractivity contribution in [1.29, 1.82) is 0 Å². The standard InChI is InChI=1S/C21H21NO/c1-21-14-8-9-15-22(21)19(17-12-6-3-7-13-17)18(20(21)23)16-10-4-2-5-11-16/h2,4-5,8-12,14-15H,3,6-7,13H2,1H3. The molecule has 0 radical (unpaired) electrons. The molecule has 116 valence electrons. The fraction of sp³-hybridized carbons (Fsp3) is 0.286. The Balaban J connectivity index is 1.94. The van der Waals surface area contributed by atoms with E-state index in [0.29, 0.717) is 0 Å². The number of benzene rings is 1. The van der Waals surface area contributed by atoms with Gasteiger partial charge in [0.25, 0.3) is 0 Å². The van der Waals surface area contributed by atoms with Crippen molar-refractivity contribution in [3.63, 3.8) is 0 Å². The van der Waals surface area contributed by atoms with Crippen molar-refractivity contribution in [2.45, 2.75) is 38.1 Å². The summed E-state index contributed by atoms with van der Waals surface area (Å²) in [7, 11) is 0. The second-order valence-corrected chi connectivity index (χ2v) is 6.61. The van der Waals surface area contributed by atoms with Crippen LogP contribution in [0.3, 0.4) is 0 Å². The molecular weight excluding hydrogens is 282 g/mol. The van der Waals surface area contributed by atoms with Gasteiger partial charge in [-0.25, -0.2) is 0 Å². The number of carbonyl (C=O) groups excluding carboxylic acids is 1. The topological polar surface area (TPSA) is 20.3 Å². The predicted molar refractivity (Wildman–Crippen MR) is 93.4 cm³/mol. The first-order valence-electron chi connectivity index (χ1n) is 8.41. The maximum atomic E-state index is 13.3. The first-order chi connectivity index (χ1) is 11.2. The van der Waals surface area contributed by atoms with Crippen molar-refractivity contribution in [1.82, 2.24) is 4.90 Å². The molecule has 0 saturated heterocycles. The third kappa shape index (κ3) is 2.13. The van der Waals surface area contributed by atoms with E-state index in [-0.39, 0.29) is 5.78 Å². The van der Waals surface area contributed by atoms with Crippen molar-refractivity contribution >= 4 is 11.4 Å². The highest BCUT2D eigenvalue weighted by molar-refractivity contribution is 6.29. The summed E-state index contributed by atoms with van der Waals surface area (Å²) < 4.78 is 0. The fourth-order valence-electron chi connectivity index (χ4n) is 3.83. The molecule has 1 atom stereocenters. The van der Waals surface area contributed by atoms with Crippen LogP contribution in [0.25, 0.3) is 5.57 Å². The molecule has 0 bridgehead atoms. The lowest BCUT2D eigenvalue weighted by molar-refractivity contribution is -0.118. The Bertz CT molecular complexity index is 766. The molecule has 0 aromatic heterocycles. The lowest BCUT2D eigenvalue weighted by Crippen LogP contribution is -2.43. The number of hydrogen-bond donors (Lipinski definition) is 0. The van der Waals surface area contributed by atoms with E-state index in [1.807, 2.05) is 55.5 Å². The van der Waals surface area contributed by atoms with Crippen LogP contribution in [0, 0.1) is 0 Å². The summed E-state index contributed by atoms with van der Waals surface area (Å²) in [6.07, 6.45) is 15.0. The lowest BCUT2D eigenvalue weighted by Gasteiger charge is -2.35. The van der Waals surface area contributed by atoms with Crippen LogP contribution < -0.4 is 0 Å². The summed E-state index contributed by atoms with van der Waals surface area (Å²) in [5.41, 5.74) is 3.75. The van der Waals surface area contributed by atoms with E-state index in [1.54, 1.807) is 0 Å². The Labute approximate surface area is 137 Å². The number of hydrogen-bond acceptors (Lipinski definition) is 2. The average Bonchev–Trinajstić information content (AvgIpc) is 2.84. The van der Waals surface area contributed by atoms with Crippen molar-refractivity contribution in [3.05, 3.63) is 77.7 Å². The van der Waals surface area contributed by atoms with E-state index in [9.17, 15) is 4.79 Å². The highest BCUT2D eigenvalue weighted by atomic mass is 16.1. The van der Waals surface area contributed by atoms with E-state index in [0.717, 1.165) is 29.7 Å². The van der Waals surface area contributed by atoms with Gasteiger partial charge in [0.05, 0.1) is 11.3 Å². The first kappa shape index (κ1) is 14.3. The minimum Gasteiger partial charge on any atom is -0.330 e. The largest absolute Gasteiger partial charge is 0.330 e.